The van der Waals surface area contributed by atoms with Crippen molar-refractivity contribution in [1.82, 2.24) is 4.90 Å². The van der Waals surface area contributed by atoms with Crippen molar-refractivity contribution >= 4 is 29.4 Å². The molecule has 0 aliphatic carbocycles. The van der Waals surface area contributed by atoms with Gasteiger partial charge in [0.05, 0.1) is 6.42 Å². The molecule has 0 fully saturated rings. The predicted molar refractivity (Wildman–Crippen MR) is 72.1 cm³/mol. The van der Waals surface area contributed by atoms with E-state index in [1.807, 2.05) is 24.5 Å². The van der Waals surface area contributed by atoms with Crippen molar-refractivity contribution in [1.29, 1.82) is 0 Å². The molecule has 18 heavy (non-hydrogen) atoms. The van der Waals surface area contributed by atoms with Crippen LogP contribution in [0.15, 0.2) is 29.2 Å². The number of carbonyl (C=O) groups excluding carboxylic acids is 1. The Morgan fingerprint density at radius 1 is 1.44 bits per heavy atom. The highest BCUT2D eigenvalue weighted by Crippen LogP contribution is 2.19. The number of thioether (sulfide) groups is 1. The first kappa shape index (κ1) is 14.4. The van der Waals surface area contributed by atoms with Crippen LogP contribution in [0.4, 0.5) is 10.5 Å². The maximum absolute atomic E-state index is 11.7. The van der Waals surface area contributed by atoms with Gasteiger partial charge >= 0.3 is 12.0 Å². The molecular formula is C12H16N2O3S. The quantitative estimate of drug-likeness (QED) is 0.804. The first-order valence-electron chi connectivity index (χ1n) is 5.41. The third-order valence-electron chi connectivity index (χ3n) is 2.33. The second-order valence-corrected chi connectivity index (χ2v) is 4.61. The minimum atomic E-state index is -0.918. The van der Waals surface area contributed by atoms with Crippen LogP contribution in [0.2, 0.25) is 0 Å². The van der Waals surface area contributed by atoms with E-state index in [-0.39, 0.29) is 19.0 Å². The van der Waals surface area contributed by atoms with Crippen molar-refractivity contribution in [3.8, 4) is 0 Å². The molecule has 0 aliphatic rings. The molecule has 0 radical (unpaired) electrons. The summed E-state index contributed by atoms with van der Waals surface area (Å²) in [5.41, 5.74) is 0.703. The van der Waals surface area contributed by atoms with Gasteiger partial charge < -0.3 is 15.3 Å². The highest BCUT2D eigenvalue weighted by molar-refractivity contribution is 7.98. The zero-order chi connectivity index (χ0) is 13.5. The third-order valence-corrected chi connectivity index (χ3v) is 3.05. The largest absolute Gasteiger partial charge is 0.481 e. The molecule has 0 aliphatic heterocycles. The van der Waals surface area contributed by atoms with Crippen LogP contribution in [0.3, 0.4) is 0 Å². The van der Waals surface area contributed by atoms with Crippen molar-refractivity contribution in [2.75, 3.05) is 25.2 Å². The van der Waals surface area contributed by atoms with Gasteiger partial charge in [0.25, 0.3) is 0 Å². The van der Waals surface area contributed by atoms with Gasteiger partial charge in [-0.15, -0.1) is 11.8 Å². The minimum absolute atomic E-state index is 0.0607. The van der Waals surface area contributed by atoms with Crippen LogP contribution in [-0.2, 0) is 4.79 Å². The topological polar surface area (TPSA) is 69.6 Å². The number of carbonyl (C=O) groups is 2. The Labute approximate surface area is 110 Å². The van der Waals surface area contributed by atoms with Crippen molar-refractivity contribution in [2.24, 2.45) is 0 Å². The number of amides is 2. The molecule has 6 heteroatoms. The van der Waals surface area contributed by atoms with E-state index in [0.717, 1.165) is 4.90 Å². The molecule has 0 atom stereocenters. The van der Waals surface area contributed by atoms with Crippen LogP contribution in [0.5, 0.6) is 0 Å². The number of carboxylic acids is 1. The Morgan fingerprint density at radius 3 is 2.78 bits per heavy atom. The Balaban J connectivity index is 2.55. The Bertz CT molecular complexity index is 437. The lowest BCUT2D eigenvalue weighted by Gasteiger charge is -2.17. The monoisotopic (exact) mass is 268 g/mol. The van der Waals surface area contributed by atoms with Crippen LogP contribution >= 0.6 is 11.8 Å². The van der Waals surface area contributed by atoms with E-state index in [0.29, 0.717) is 5.69 Å². The average Bonchev–Trinajstić information content (AvgIpc) is 2.36. The van der Waals surface area contributed by atoms with E-state index < -0.39 is 5.97 Å². The summed E-state index contributed by atoms with van der Waals surface area (Å²) in [6.45, 7) is 0.184. The lowest BCUT2D eigenvalue weighted by Crippen LogP contribution is -2.33. The highest BCUT2D eigenvalue weighted by Gasteiger charge is 2.10. The number of nitrogens with zero attached hydrogens (tertiary/aromatic N) is 1. The molecule has 0 aromatic heterocycles. The predicted octanol–water partition coefficient (Wildman–Crippen LogP) is 2.35. The van der Waals surface area contributed by atoms with Crippen LogP contribution in [0.1, 0.15) is 6.42 Å². The van der Waals surface area contributed by atoms with Gasteiger partial charge in [0.1, 0.15) is 0 Å². The number of carboxylic acid groups (broad SMARTS) is 1. The number of hydrogen-bond donors (Lipinski definition) is 2. The van der Waals surface area contributed by atoms with Gasteiger partial charge in [-0.1, -0.05) is 6.07 Å². The number of anilines is 1. The molecular weight excluding hydrogens is 252 g/mol. The summed E-state index contributed by atoms with van der Waals surface area (Å²) in [4.78, 5) is 24.6. The zero-order valence-electron chi connectivity index (χ0n) is 10.3. The van der Waals surface area contributed by atoms with Crippen molar-refractivity contribution in [2.45, 2.75) is 11.3 Å². The molecule has 2 N–H and O–H groups in total. The SMILES string of the molecule is CSc1cccc(NC(=O)N(C)CCC(=O)O)c1. The molecule has 0 saturated heterocycles. The van der Waals surface area contributed by atoms with Gasteiger partial charge in [-0.3, -0.25) is 4.79 Å². The maximum Gasteiger partial charge on any atom is 0.321 e. The number of hydrogen-bond acceptors (Lipinski definition) is 3. The molecule has 0 saturated carbocycles. The molecule has 0 unspecified atom stereocenters. The summed E-state index contributed by atoms with van der Waals surface area (Å²) in [5.74, 6) is -0.918. The molecule has 1 aromatic rings. The lowest BCUT2D eigenvalue weighted by atomic mass is 10.3. The average molecular weight is 268 g/mol. The number of aliphatic carboxylic acids is 1. The lowest BCUT2D eigenvalue weighted by molar-refractivity contribution is -0.137. The van der Waals surface area contributed by atoms with Crippen molar-refractivity contribution in [3.63, 3.8) is 0 Å². The first-order valence-corrected chi connectivity index (χ1v) is 6.63. The first-order chi connectivity index (χ1) is 8.52. The molecule has 0 bridgehead atoms. The fraction of sp³-hybridized carbons (Fsp3) is 0.333. The zero-order valence-corrected chi connectivity index (χ0v) is 11.2. The molecule has 5 nitrogen and oxygen atoms in total. The van der Waals surface area contributed by atoms with E-state index >= 15 is 0 Å². The Kier molecular flexibility index (Phi) is 5.51. The van der Waals surface area contributed by atoms with Crippen LogP contribution < -0.4 is 5.32 Å². The van der Waals surface area contributed by atoms with Gasteiger partial charge in [0, 0.05) is 24.2 Å². The van der Waals surface area contributed by atoms with Gasteiger partial charge in [-0.2, -0.15) is 0 Å². The van der Waals surface area contributed by atoms with Gasteiger partial charge in [0.2, 0.25) is 0 Å². The second kappa shape index (κ2) is 6.90. The Morgan fingerprint density at radius 2 is 2.17 bits per heavy atom. The fourth-order valence-electron chi connectivity index (χ4n) is 1.28. The number of nitrogens with one attached hydrogen (secondary N) is 1. The molecule has 0 spiro atoms. The molecule has 98 valence electrons. The number of rotatable bonds is 5. The van der Waals surface area contributed by atoms with Crippen LogP contribution in [0.25, 0.3) is 0 Å². The standard InChI is InChI=1S/C12H16N2O3S/c1-14(7-6-11(15)16)12(17)13-9-4-3-5-10(8-9)18-2/h3-5,8H,6-7H2,1-2H3,(H,13,17)(H,15,16). The van der Waals surface area contributed by atoms with Crippen molar-refractivity contribution in [3.05, 3.63) is 24.3 Å². The summed E-state index contributed by atoms with van der Waals surface area (Å²) in [5, 5.41) is 11.3. The van der Waals surface area contributed by atoms with Gasteiger partial charge in [-0.05, 0) is 24.5 Å². The van der Waals surface area contributed by atoms with E-state index in [2.05, 4.69) is 5.32 Å². The fourth-order valence-corrected chi connectivity index (χ4v) is 1.74. The highest BCUT2D eigenvalue weighted by atomic mass is 32.2. The molecule has 1 aromatic carbocycles. The Hall–Kier alpha value is -1.69. The minimum Gasteiger partial charge on any atom is -0.481 e. The number of urea groups is 1. The maximum atomic E-state index is 11.7. The van der Waals surface area contributed by atoms with Gasteiger partial charge in [-0.25, -0.2) is 4.79 Å². The number of benzene rings is 1. The van der Waals surface area contributed by atoms with Crippen molar-refractivity contribution < 1.29 is 14.7 Å². The molecule has 1 rings (SSSR count). The summed E-state index contributed by atoms with van der Waals surface area (Å²) in [7, 11) is 1.57. The summed E-state index contributed by atoms with van der Waals surface area (Å²) in [6, 6.07) is 7.16. The van der Waals surface area contributed by atoms with E-state index in [4.69, 9.17) is 5.11 Å². The van der Waals surface area contributed by atoms with E-state index in [9.17, 15) is 9.59 Å². The summed E-state index contributed by atoms with van der Waals surface area (Å²) in [6.07, 6.45) is 1.90. The molecule has 2 amide bonds. The second-order valence-electron chi connectivity index (χ2n) is 3.73. The summed E-state index contributed by atoms with van der Waals surface area (Å²) >= 11 is 1.59. The molecule has 0 heterocycles. The van der Waals surface area contributed by atoms with Crippen LogP contribution in [-0.4, -0.2) is 41.9 Å². The normalized spacial score (nSPS) is 9.89. The van der Waals surface area contributed by atoms with Crippen LogP contribution in [0, 0.1) is 0 Å². The smallest absolute Gasteiger partial charge is 0.321 e. The van der Waals surface area contributed by atoms with Gasteiger partial charge in [0.15, 0.2) is 0 Å². The van der Waals surface area contributed by atoms with E-state index in [1.54, 1.807) is 24.9 Å². The third kappa shape index (κ3) is 4.67. The summed E-state index contributed by atoms with van der Waals surface area (Å²) < 4.78 is 0. The van der Waals surface area contributed by atoms with E-state index in [1.165, 1.54) is 4.90 Å².